The number of aromatic nitrogens is 1. The molecular weight excluding hydrogens is 509 g/mol. The zero-order valence-electron chi connectivity index (χ0n) is 19.3. The first-order valence-corrected chi connectivity index (χ1v) is 12.4. The smallest absolute Gasteiger partial charge is 0.416 e. The summed E-state index contributed by atoms with van der Waals surface area (Å²) in [5.41, 5.74) is 1.12. The second-order valence-electron chi connectivity index (χ2n) is 8.38. The molecule has 2 aromatic carbocycles. The molecule has 0 radical (unpaired) electrons. The predicted molar refractivity (Wildman–Crippen MR) is 129 cm³/mol. The van der Waals surface area contributed by atoms with Crippen molar-refractivity contribution in [2.75, 3.05) is 6.54 Å². The summed E-state index contributed by atoms with van der Waals surface area (Å²) < 4.78 is 64.0. The van der Waals surface area contributed by atoms with Crippen LogP contribution >= 0.6 is 0 Å². The topological polar surface area (TPSA) is 115 Å². The molecule has 1 fully saturated rings. The summed E-state index contributed by atoms with van der Waals surface area (Å²) in [7, 11) is 0. The zero-order valence-corrected chi connectivity index (χ0v) is 20.1. The quantitative estimate of drug-likeness (QED) is 0.336. The first kappa shape index (κ1) is 26.5. The fourth-order valence-electron chi connectivity index (χ4n) is 3.75. The number of ketones is 1. The van der Waals surface area contributed by atoms with Crippen LogP contribution in [-0.2, 0) is 28.5 Å². The van der Waals surface area contributed by atoms with E-state index in [-0.39, 0.29) is 22.5 Å². The molecule has 1 unspecified atom stereocenters. The van der Waals surface area contributed by atoms with Crippen molar-refractivity contribution in [3.63, 3.8) is 0 Å². The Hall–Kier alpha value is -3.54. The van der Waals surface area contributed by atoms with Crippen molar-refractivity contribution in [3.05, 3.63) is 78.0 Å². The number of furan rings is 1. The monoisotopic (exact) mass is 531 g/mol. The summed E-state index contributed by atoms with van der Waals surface area (Å²) in [5.74, 6) is -0.323. The third-order valence-electron chi connectivity index (χ3n) is 5.87. The number of phenolic OH excluding ortho intramolecular Hbond substituents is 1. The van der Waals surface area contributed by atoms with Crippen LogP contribution in [0.1, 0.15) is 24.0 Å². The van der Waals surface area contributed by atoms with Crippen LogP contribution < -0.4 is 5.32 Å². The van der Waals surface area contributed by atoms with E-state index in [1.165, 1.54) is 18.3 Å². The number of alkyl halides is 3. The van der Waals surface area contributed by atoms with Crippen LogP contribution in [0.2, 0.25) is 0 Å². The second kappa shape index (κ2) is 11.2. The Morgan fingerprint density at radius 1 is 1.16 bits per heavy atom. The van der Waals surface area contributed by atoms with Crippen molar-refractivity contribution in [1.29, 1.82) is 0 Å². The number of benzene rings is 2. The molecule has 0 spiro atoms. The standard InChI is InChI=1S/C18H17F3N2O2.C8H6O3S/c19-18(20,21)12-2-3-13(17(25)10-12)15-9-11(5-7-23-15)1-4-16(24)14-6-8-22-14;9-12(10)8-5-6-3-1-2-4-7(6)11-8/h2-3,5,7,9-10,14,22,25H,1,4,6,8H2;1-5H,(H,9,10)/p-1/t14-;/m0./s1. The highest BCUT2D eigenvalue weighted by Gasteiger charge is 2.31. The number of carbonyl (C=O) groups is 1. The SMILES string of the molecule is O=C(CCc1ccnc(-c2ccc(C(F)(F)F)cc2O)c1)[C@@H]1CCN1.O=S([O-])c1cc2ccccc2o1. The lowest BCUT2D eigenvalue weighted by Gasteiger charge is -2.26. The number of hydrogen-bond donors (Lipinski definition) is 2. The lowest BCUT2D eigenvalue weighted by Crippen LogP contribution is -2.48. The average Bonchev–Trinajstić information content (AvgIpc) is 3.27. The minimum atomic E-state index is -4.51. The number of phenols is 1. The van der Waals surface area contributed by atoms with Gasteiger partial charge in [-0.1, -0.05) is 18.2 Å². The van der Waals surface area contributed by atoms with Crippen molar-refractivity contribution in [3.8, 4) is 17.0 Å². The fourth-order valence-corrected chi connectivity index (χ4v) is 4.13. The van der Waals surface area contributed by atoms with Gasteiger partial charge in [-0.25, -0.2) is 0 Å². The molecule has 194 valence electrons. The number of para-hydroxylation sites is 1. The number of rotatable bonds is 6. The van der Waals surface area contributed by atoms with E-state index in [2.05, 4.69) is 10.3 Å². The molecule has 2 aromatic heterocycles. The molecule has 0 aliphatic carbocycles. The van der Waals surface area contributed by atoms with E-state index in [1.54, 1.807) is 30.3 Å². The number of nitrogens with one attached hydrogen (secondary N) is 1. The molecule has 7 nitrogen and oxygen atoms in total. The number of halogens is 3. The highest BCUT2D eigenvalue weighted by molar-refractivity contribution is 7.79. The van der Waals surface area contributed by atoms with Crippen LogP contribution in [0.4, 0.5) is 13.2 Å². The molecule has 11 heteroatoms. The third kappa shape index (κ3) is 6.62. The molecule has 1 saturated heterocycles. The highest BCUT2D eigenvalue weighted by atomic mass is 32.2. The molecule has 4 aromatic rings. The molecule has 1 aliphatic heterocycles. The van der Waals surface area contributed by atoms with Gasteiger partial charge in [0.15, 0.2) is 5.09 Å². The van der Waals surface area contributed by atoms with Gasteiger partial charge in [-0.3, -0.25) is 14.0 Å². The van der Waals surface area contributed by atoms with Gasteiger partial charge in [-0.05, 0) is 67.4 Å². The molecule has 0 bridgehead atoms. The molecule has 3 heterocycles. The molecule has 0 saturated carbocycles. The first-order valence-electron chi connectivity index (χ1n) is 11.3. The van der Waals surface area contributed by atoms with Gasteiger partial charge in [0.05, 0.1) is 17.3 Å². The highest BCUT2D eigenvalue weighted by Crippen LogP contribution is 2.36. The van der Waals surface area contributed by atoms with Gasteiger partial charge in [-0.15, -0.1) is 0 Å². The minimum absolute atomic E-state index is 0.0174. The predicted octanol–water partition coefficient (Wildman–Crippen LogP) is 5.01. The summed E-state index contributed by atoms with van der Waals surface area (Å²) in [5, 5.41) is 13.8. The third-order valence-corrected chi connectivity index (χ3v) is 6.39. The summed E-state index contributed by atoms with van der Waals surface area (Å²) >= 11 is -2.28. The Morgan fingerprint density at radius 3 is 2.54 bits per heavy atom. The number of fused-ring (bicyclic) bond motifs is 1. The van der Waals surface area contributed by atoms with Crippen LogP contribution in [-0.4, -0.2) is 37.2 Å². The molecule has 1 aliphatic rings. The summed E-state index contributed by atoms with van der Waals surface area (Å²) in [4.78, 5) is 16.0. The van der Waals surface area contributed by atoms with Gasteiger partial charge >= 0.3 is 6.18 Å². The molecule has 37 heavy (non-hydrogen) atoms. The number of hydrogen-bond acceptors (Lipinski definition) is 7. The van der Waals surface area contributed by atoms with Crippen LogP contribution in [0.15, 0.2) is 76.4 Å². The van der Waals surface area contributed by atoms with E-state index in [1.807, 2.05) is 6.07 Å². The van der Waals surface area contributed by atoms with Gasteiger partial charge in [0.1, 0.15) is 17.1 Å². The van der Waals surface area contributed by atoms with E-state index in [9.17, 15) is 31.8 Å². The lowest BCUT2D eigenvalue weighted by molar-refractivity contribution is -0.137. The maximum atomic E-state index is 12.7. The van der Waals surface area contributed by atoms with Gasteiger partial charge in [0, 0.05) is 34.6 Å². The Labute approximate surface area is 212 Å². The summed E-state index contributed by atoms with van der Waals surface area (Å²) in [6.07, 6.45) is -1.22. The second-order valence-corrected chi connectivity index (χ2v) is 9.25. The number of pyridine rings is 1. The Kier molecular flexibility index (Phi) is 8.06. The van der Waals surface area contributed by atoms with E-state index in [0.29, 0.717) is 30.2 Å². The van der Waals surface area contributed by atoms with E-state index in [4.69, 9.17) is 4.42 Å². The number of carbonyl (C=O) groups excluding carboxylic acids is 1. The molecular formula is C26H22F3N2O5S-. The number of Topliss-reactive ketones (excluding diaryl/α,β-unsaturated/α-hetero) is 1. The van der Waals surface area contributed by atoms with Crippen LogP contribution in [0.25, 0.3) is 22.2 Å². The van der Waals surface area contributed by atoms with Crippen molar-refractivity contribution in [1.82, 2.24) is 10.3 Å². The lowest BCUT2D eigenvalue weighted by atomic mass is 9.97. The van der Waals surface area contributed by atoms with Crippen molar-refractivity contribution >= 4 is 27.8 Å². The number of aromatic hydroxyl groups is 1. The maximum Gasteiger partial charge on any atom is 0.416 e. The normalized spacial score (nSPS) is 15.9. The average molecular weight is 532 g/mol. The van der Waals surface area contributed by atoms with Gasteiger partial charge in [0.25, 0.3) is 0 Å². The van der Waals surface area contributed by atoms with Crippen LogP contribution in [0.3, 0.4) is 0 Å². The van der Waals surface area contributed by atoms with Crippen molar-refractivity contribution in [2.45, 2.75) is 36.6 Å². The van der Waals surface area contributed by atoms with E-state index < -0.39 is 28.6 Å². The van der Waals surface area contributed by atoms with Gasteiger partial charge in [0.2, 0.25) is 0 Å². The molecule has 0 amide bonds. The Bertz CT molecular complexity index is 1400. The van der Waals surface area contributed by atoms with Crippen LogP contribution in [0.5, 0.6) is 5.75 Å². The summed E-state index contributed by atoms with van der Waals surface area (Å²) in [6, 6.07) is 14.8. The van der Waals surface area contributed by atoms with E-state index >= 15 is 0 Å². The zero-order chi connectivity index (χ0) is 26.6. The maximum absolute atomic E-state index is 12.7. The van der Waals surface area contributed by atoms with Crippen molar-refractivity contribution < 1.29 is 36.3 Å². The molecule has 5 rings (SSSR count). The Morgan fingerprint density at radius 2 is 1.92 bits per heavy atom. The van der Waals surface area contributed by atoms with Crippen LogP contribution in [0, 0.1) is 0 Å². The van der Waals surface area contributed by atoms with Crippen molar-refractivity contribution in [2.24, 2.45) is 0 Å². The fraction of sp³-hybridized carbons (Fsp3) is 0.231. The first-order chi connectivity index (χ1) is 17.6. The number of nitrogens with zero attached hydrogens (tertiary/aromatic N) is 1. The largest absolute Gasteiger partial charge is 0.766 e. The van der Waals surface area contributed by atoms with Gasteiger partial charge in [-0.2, -0.15) is 13.2 Å². The Balaban J connectivity index is 0.000000222. The minimum Gasteiger partial charge on any atom is -0.766 e. The van der Waals surface area contributed by atoms with E-state index in [0.717, 1.165) is 30.0 Å². The summed E-state index contributed by atoms with van der Waals surface area (Å²) in [6.45, 7) is 0.864. The molecule has 2 atom stereocenters. The van der Waals surface area contributed by atoms with Gasteiger partial charge < -0.3 is 19.4 Å². The molecule has 2 N–H and O–H groups in total. The number of aryl methyl sites for hydroxylation is 1.